The van der Waals surface area contributed by atoms with Crippen LogP contribution in [0.3, 0.4) is 0 Å². The molecule has 2 bridgehead atoms. The lowest BCUT2D eigenvalue weighted by Gasteiger charge is -2.57. The zero-order valence-electron chi connectivity index (χ0n) is 14.4. The van der Waals surface area contributed by atoms with Crippen molar-refractivity contribution >= 4 is 10.9 Å². The molecule has 0 spiro atoms. The van der Waals surface area contributed by atoms with E-state index in [1.807, 2.05) is 30.5 Å². The predicted molar refractivity (Wildman–Crippen MR) is 97.4 cm³/mol. The van der Waals surface area contributed by atoms with Crippen molar-refractivity contribution in [2.24, 2.45) is 11.8 Å². The molecule has 3 aliphatic heterocycles. The Morgan fingerprint density at radius 3 is 3.00 bits per heavy atom. The Balaban J connectivity index is 1.74. The highest BCUT2D eigenvalue weighted by Crippen LogP contribution is 2.46. The number of piperidine rings is 3. The monoisotopic (exact) mass is 323 g/mol. The average molecular weight is 323 g/mol. The summed E-state index contributed by atoms with van der Waals surface area (Å²) in [7, 11) is 0. The average Bonchev–Trinajstić information content (AvgIpc) is 2.67. The number of aromatic nitrogens is 1. The van der Waals surface area contributed by atoms with Crippen LogP contribution in [0.25, 0.3) is 10.9 Å². The first-order valence-corrected chi connectivity index (χ1v) is 9.18. The SMILES string of the molecule is C=CC1C[N+]2(CC)CCC1CC2[C@H](O)c1ccnc2ccccc12. The molecule has 126 valence electrons. The van der Waals surface area contributed by atoms with Crippen LogP contribution in [0.5, 0.6) is 0 Å². The molecule has 3 nitrogen and oxygen atoms in total. The summed E-state index contributed by atoms with van der Waals surface area (Å²) < 4.78 is 1.03. The second kappa shape index (κ2) is 5.98. The summed E-state index contributed by atoms with van der Waals surface area (Å²) in [6.07, 6.45) is 5.93. The van der Waals surface area contributed by atoms with Crippen LogP contribution in [-0.2, 0) is 0 Å². The Morgan fingerprint density at radius 1 is 1.38 bits per heavy atom. The van der Waals surface area contributed by atoms with Crippen LogP contribution in [-0.4, -0.2) is 40.2 Å². The maximum absolute atomic E-state index is 11.4. The van der Waals surface area contributed by atoms with Crippen molar-refractivity contribution in [1.82, 2.24) is 4.98 Å². The molecule has 3 heteroatoms. The fraction of sp³-hybridized carbons (Fsp3) is 0.476. The zero-order valence-corrected chi connectivity index (χ0v) is 14.4. The molecule has 0 radical (unpaired) electrons. The first-order chi connectivity index (χ1) is 11.7. The van der Waals surface area contributed by atoms with Crippen LogP contribution in [0.2, 0.25) is 0 Å². The van der Waals surface area contributed by atoms with E-state index in [4.69, 9.17) is 0 Å². The normalized spacial score (nSPS) is 33.5. The van der Waals surface area contributed by atoms with E-state index in [9.17, 15) is 5.11 Å². The topological polar surface area (TPSA) is 33.1 Å². The van der Waals surface area contributed by atoms with E-state index >= 15 is 0 Å². The van der Waals surface area contributed by atoms with Gasteiger partial charge >= 0.3 is 0 Å². The Labute approximate surface area is 144 Å². The number of rotatable bonds is 4. The van der Waals surface area contributed by atoms with Crippen LogP contribution in [0.15, 0.2) is 49.2 Å². The molecule has 5 atom stereocenters. The van der Waals surface area contributed by atoms with Gasteiger partial charge in [0.25, 0.3) is 0 Å². The quantitative estimate of drug-likeness (QED) is 0.687. The van der Waals surface area contributed by atoms with E-state index in [-0.39, 0.29) is 6.04 Å². The van der Waals surface area contributed by atoms with Crippen LogP contribution >= 0.6 is 0 Å². The molecule has 3 saturated heterocycles. The van der Waals surface area contributed by atoms with E-state index in [1.54, 1.807) is 0 Å². The van der Waals surface area contributed by atoms with Gasteiger partial charge in [0.15, 0.2) is 0 Å². The van der Waals surface area contributed by atoms with Gasteiger partial charge in [-0.05, 0) is 30.5 Å². The summed E-state index contributed by atoms with van der Waals surface area (Å²) in [4.78, 5) is 4.45. The third kappa shape index (κ3) is 2.30. The molecule has 5 rings (SSSR count). The third-order valence-electron chi connectivity index (χ3n) is 6.67. The molecule has 3 aliphatic rings. The van der Waals surface area contributed by atoms with Crippen molar-refractivity contribution in [3.63, 3.8) is 0 Å². The number of quaternary nitrogens is 1. The number of para-hydroxylation sites is 1. The fourth-order valence-corrected chi connectivity index (χ4v) is 5.23. The van der Waals surface area contributed by atoms with Crippen molar-refractivity contribution in [2.75, 3.05) is 19.6 Å². The Kier molecular flexibility index (Phi) is 3.93. The number of fused-ring (bicyclic) bond motifs is 4. The lowest BCUT2D eigenvalue weighted by molar-refractivity contribution is -0.971. The third-order valence-corrected chi connectivity index (χ3v) is 6.67. The molecule has 1 aromatic heterocycles. The summed E-state index contributed by atoms with van der Waals surface area (Å²) in [5, 5.41) is 12.4. The van der Waals surface area contributed by atoms with Crippen molar-refractivity contribution < 1.29 is 9.59 Å². The lowest BCUT2D eigenvalue weighted by atomic mass is 9.71. The largest absolute Gasteiger partial charge is 0.382 e. The van der Waals surface area contributed by atoms with Gasteiger partial charge in [0, 0.05) is 30.3 Å². The standard InChI is InChI=1S/C21H27N2O/c1-3-15-14-23(4-2)12-10-16(15)13-20(23)21(24)18-9-11-22-19-8-6-5-7-17(18)19/h3,5-9,11,15-16,20-21,24H,1,4,10,12-14H2,2H3/q+1/t15?,16?,20?,21-,23?/m1/s1. The molecule has 0 saturated carbocycles. The van der Waals surface area contributed by atoms with E-state index in [0.29, 0.717) is 11.8 Å². The summed E-state index contributed by atoms with van der Waals surface area (Å²) >= 11 is 0. The number of aliphatic hydroxyl groups is 1. The molecule has 3 fully saturated rings. The van der Waals surface area contributed by atoms with Gasteiger partial charge in [0.1, 0.15) is 12.1 Å². The maximum atomic E-state index is 11.4. The second-order valence-electron chi connectivity index (χ2n) is 7.55. The molecule has 2 aromatic rings. The minimum absolute atomic E-state index is 0.288. The molecule has 0 aliphatic carbocycles. The number of pyridine rings is 1. The first-order valence-electron chi connectivity index (χ1n) is 9.18. The van der Waals surface area contributed by atoms with Gasteiger partial charge in [-0.15, -0.1) is 6.58 Å². The van der Waals surface area contributed by atoms with Gasteiger partial charge in [0.05, 0.1) is 25.2 Å². The maximum Gasteiger partial charge on any atom is 0.131 e. The predicted octanol–water partition coefficient (Wildman–Crippen LogP) is 3.70. The minimum atomic E-state index is -0.425. The Hall–Kier alpha value is -1.71. The molecule has 1 N–H and O–H groups in total. The Bertz CT molecular complexity index is 753. The van der Waals surface area contributed by atoms with Gasteiger partial charge in [-0.25, -0.2) is 0 Å². The van der Waals surface area contributed by atoms with Crippen LogP contribution in [0.4, 0.5) is 0 Å². The van der Waals surface area contributed by atoms with E-state index in [1.165, 1.54) is 13.0 Å². The Morgan fingerprint density at radius 2 is 2.21 bits per heavy atom. The summed E-state index contributed by atoms with van der Waals surface area (Å²) in [6.45, 7) is 9.74. The molecule has 4 unspecified atom stereocenters. The summed E-state index contributed by atoms with van der Waals surface area (Å²) in [5.74, 6) is 1.29. The molecule has 4 heterocycles. The smallest absolute Gasteiger partial charge is 0.131 e. The van der Waals surface area contributed by atoms with E-state index < -0.39 is 6.10 Å². The second-order valence-corrected chi connectivity index (χ2v) is 7.55. The molecule has 24 heavy (non-hydrogen) atoms. The van der Waals surface area contributed by atoms with Crippen LogP contribution in [0, 0.1) is 11.8 Å². The number of likely N-dealkylation sites (N-methyl/N-ethyl adjacent to an activating group) is 1. The van der Waals surface area contributed by atoms with Crippen LogP contribution < -0.4 is 0 Å². The van der Waals surface area contributed by atoms with Crippen molar-refractivity contribution in [1.29, 1.82) is 0 Å². The molecular weight excluding hydrogens is 296 g/mol. The van der Waals surface area contributed by atoms with Gasteiger partial charge < -0.3 is 9.59 Å². The molecule has 0 amide bonds. The zero-order chi connectivity index (χ0) is 16.7. The lowest BCUT2D eigenvalue weighted by Crippen LogP contribution is -2.68. The van der Waals surface area contributed by atoms with Crippen molar-refractivity contribution in [2.45, 2.75) is 31.9 Å². The summed E-state index contributed by atoms with van der Waals surface area (Å²) in [6, 6.07) is 10.4. The van der Waals surface area contributed by atoms with Gasteiger partial charge in [-0.3, -0.25) is 4.98 Å². The van der Waals surface area contributed by atoms with Gasteiger partial charge in [0.2, 0.25) is 0 Å². The van der Waals surface area contributed by atoms with Crippen molar-refractivity contribution in [3.8, 4) is 0 Å². The number of nitrogens with zero attached hydrogens (tertiary/aromatic N) is 2. The number of benzene rings is 1. The van der Waals surface area contributed by atoms with Crippen LogP contribution in [0.1, 0.15) is 31.4 Å². The van der Waals surface area contributed by atoms with E-state index in [2.05, 4.69) is 30.6 Å². The number of aliphatic hydroxyl groups excluding tert-OH is 1. The summed E-state index contributed by atoms with van der Waals surface area (Å²) in [5.41, 5.74) is 2.01. The van der Waals surface area contributed by atoms with Crippen molar-refractivity contribution in [3.05, 3.63) is 54.7 Å². The van der Waals surface area contributed by atoms with Gasteiger partial charge in [-0.1, -0.05) is 24.3 Å². The fourth-order valence-electron chi connectivity index (χ4n) is 5.23. The number of hydrogen-bond donors (Lipinski definition) is 1. The molecular formula is C21H27N2O+. The highest BCUT2D eigenvalue weighted by molar-refractivity contribution is 5.82. The minimum Gasteiger partial charge on any atom is -0.382 e. The highest BCUT2D eigenvalue weighted by Gasteiger charge is 2.53. The first kappa shape index (κ1) is 15.8. The number of hydrogen-bond acceptors (Lipinski definition) is 2. The molecule has 1 aromatic carbocycles. The van der Waals surface area contributed by atoms with E-state index in [0.717, 1.165) is 40.5 Å². The highest BCUT2D eigenvalue weighted by atomic mass is 16.3. The van der Waals surface area contributed by atoms with Gasteiger partial charge in [-0.2, -0.15) is 0 Å².